The van der Waals surface area contributed by atoms with Crippen LogP contribution in [0.2, 0.25) is 0 Å². The monoisotopic (exact) mass is 372 g/mol. The third-order valence-corrected chi connectivity index (χ3v) is 5.73. The van der Waals surface area contributed by atoms with Crippen LogP contribution in [-0.2, 0) is 18.9 Å². The van der Waals surface area contributed by atoms with Crippen molar-refractivity contribution in [3.8, 4) is 0 Å². The third kappa shape index (κ3) is 3.38. The zero-order valence-electron chi connectivity index (χ0n) is 16.6. The number of amides is 2. The predicted octanol–water partition coefficient (Wildman–Crippen LogP) is 1.60. The standard InChI is InChI=1S/C20H28N4O3/c1-5-14(6-2)18(25)23-9-11-24(12-10-23)19(26)15-7-8-16-17(13-15)22(4)20(27)21(16)3/h7-8,13-14H,5-6,9-12H2,1-4H3. The minimum atomic E-state index is -0.108. The number of imidazole rings is 1. The molecule has 1 fully saturated rings. The molecule has 7 heteroatoms. The highest BCUT2D eigenvalue weighted by molar-refractivity contribution is 5.97. The van der Waals surface area contributed by atoms with Gasteiger partial charge in [0.2, 0.25) is 5.91 Å². The van der Waals surface area contributed by atoms with E-state index < -0.39 is 0 Å². The Morgan fingerprint density at radius 3 is 2.07 bits per heavy atom. The fourth-order valence-corrected chi connectivity index (χ4v) is 3.85. The first-order valence-electron chi connectivity index (χ1n) is 9.62. The first kappa shape index (κ1) is 19.2. The van der Waals surface area contributed by atoms with Crippen molar-refractivity contribution in [3.63, 3.8) is 0 Å². The van der Waals surface area contributed by atoms with E-state index in [1.54, 1.807) is 40.3 Å². The molecule has 0 atom stereocenters. The van der Waals surface area contributed by atoms with Gasteiger partial charge in [0.15, 0.2) is 0 Å². The van der Waals surface area contributed by atoms with E-state index in [0.29, 0.717) is 31.7 Å². The summed E-state index contributed by atoms with van der Waals surface area (Å²) in [7, 11) is 3.43. The van der Waals surface area contributed by atoms with Crippen molar-refractivity contribution in [2.45, 2.75) is 26.7 Å². The molecule has 2 heterocycles. The fourth-order valence-electron chi connectivity index (χ4n) is 3.85. The van der Waals surface area contributed by atoms with E-state index in [1.165, 1.54) is 0 Å². The number of benzene rings is 1. The summed E-state index contributed by atoms with van der Waals surface area (Å²) in [6.07, 6.45) is 1.70. The van der Waals surface area contributed by atoms with Gasteiger partial charge in [-0.25, -0.2) is 4.79 Å². The number of aromatic nitrogens is 2. The van der Waals surface area contributed by atoms with E-state index in [1.807, 2.05) is 24.8 Å². The summed E-state index contributed by atoms with van der Waals surface area (Å²) < 4.78 is 3.13. The number of carbonyl (C=O) groups excluding carboxylic acids is 2. The fraction of sp³-hybridized carbons (Fsp3) is 0.550. The van der Waals surface area contributed by atoms with Crippen LogP contribution in [0.5, 0.6) is 0 Å². The van der Waals surface area contributed by atoms with E-state index in [0.717, 1.165) is 23.9 Å². The van der Waals surface area contributed by atoms with Crippen LogP contribution in [0, 0.1) is 5.92 Å². The lowest BCUT2D eigenvalue weighted by Gasteiger charge is -2.36. The number of carbonyl (C=O) groups is 2. The van der Waals surface area contributed by atoms with Crippen LogP contribution in [0.25, 0.3) is 11.0 Å². The molecule has 2 aromatic rings. The Hall–Kier alpha value is -2.57. The molecule has 0 bridgehead atoms. The minimum absolute atomic E-state index is 0.0529. The normalized spacial score (nSPS) is 15.0. The van der Waals surface area contributed by atoms with E-state index in [4.69, 9.17) is 0 Å². The van der Waals surface area contributed by atoms with Crippen LogP contribution in [0.15, 0.2) is 23.0 Å². The van der Waals surface area contributed by atoms with Gasteiger partial charge >= 0.3 is 5.69 Å². The molecule has 0 aliphatic carbocycles. The van der Waals surface area contributed by atoms with Gasteiger partial charge in [-0.1, -0.05) is 13.8 Å². The number of piperazine rings is 1. The highest BCUT2D eigenvalue weighted by Gasteiger charge is 2.28. The molecular weight excluding hydrogens is 344 g/mol. The SMILES string of the molecule is CCC(CC)C(=O)N1CCN(C(=O)c2ccc3c(c2)n(C)c(=O)n3C)CC1. The van der Waals surface area contributed by atoms with Crippen LogP contribution in [0.1, 0.15) is 37.0 Å². The molecule has 7 nitrogen and oxygen atoms in total. The number of hydrogen-bond donors (Lipinski definition) is 0. The summed E-state index contributed by atoms with van der Waals surface area (Å²) in [4.78, 5) is 41.1. The van der Waals surface area contributed by atoms with Crippen molar-refractivity contribution in [2.24, 2.45) is 20.0 Å². The van der Waals surface area contributed by atoms with Crippen LogP contribution in [0.3, 0.4) is 0 Å². The molecule has 0 spiro atoms. The lowest BCUT2D eigenvalue weighted by Crippen LogP contribution is -2.51. The van der Waals surface area contributed by atoms with Gasteiger partial charge in [-0.2, -0.15) is 0 Å². The summed E-state index contributed by atoms with van der Waals surface area (Å²) in [5, 5.41) is 0. The number of rotatable bonds is 4. The highest BCUT2D eigenvalue weighted by atomic mass is 16.2. The van der Waals surface area contributed by atoms with Crippen molar-refractivity contribution in [2.75, 3.05) is 26.2 Å². The zero-order chi connectivity index (χ0) is 19.7. The van der Waals surface area contributed by atoms with Crippen LogP contribution in [-0.4, -0.2) is 56.9 Å². The van der Waals surface area contributed by atoms with Crippen molar-refractivity contribution < 1.29 is 9.59 Å². The van der Waals surface area contributed by atoms with Gasteiger partial charge < -0.3 is 9.80 Å². The van der Waals surface area contributed by atoms with E-state index >= 15 is 0 Å². The second kappa shape index (κ2) is 7.58. The van der Waals surface area contributed by atoms with Gasteiger partial charge in [0, 0.05) is 51.8 Å². The van der Waals surface area contributed by atoms with Crippen LogP contribution < -0.4 is 5.69 Å². The molecule has 1 aromatic heterocycles. The lowest BCUT2D eigenvalue weighted by atomic mass is 10.0. The Labute approximate surface area is 159 Å². The van der Waals surface area contributed by atoms with Gasteiger partial charge in [-0.3, -0.25) is 18.7 Å². The van der Waals surface area contributed by atoms with Gasteiger partial charge in [0.1, 0.15) is 0 Å². The Kier molecular flexibility index (Phi) is 5.39. The smallest absolute Gasteiger partial charge is 0.328 e. The number of nitrogens with zero attached hydrogens (tertiary/aromatic N) is 4. The third-order valence-electron chi connectivity index (χ3n) is 5.73. The molecule has 1 aliphatic rings. The zero-order valence-corrected chi connectivity index (χ0v) is 16.6. The molecule has 0 unspecified atom stereocenters. The molecule has 1 aromatic carbocycles. The van der Waals surface area contributed by atoms with Gasteiger partial charge in [0.25, 0.3) is 5.91 Å². The van der Waals surface area contributed by atoms with Crippen LogP contribution >= 0.6 is 0 Å². The molecule has 3 rings (SSSR count). The molecule has 1 saturated heterocycles. The van der Waals surface area contributed by atoms with E-state index in [9.17, 15) is 14.4 Å². The molecule has 2 amide bonds. The minimum Gasteiger partial charge on any atom is -0.339 e. The Morgan fingerprint density at radius 1 is 0.926 bits per heavy atom. The maximum absolute atomic E-state index is 12.9. The summed E-state index contributed by atoms with van der Waals surface area (Å²) in [6.45, 7) is 6.31. The van der Waals surface area contributed by atoms with Crippen molar-refractivity contribution in [1.82, 2.24) is 18.9 Å². The molecule has 146 valence electrons. The molecule has 1 aliphatic heterocycles. The van der Waals surface area contributed by atoms with E-state index in [2.05, 4.69) is 0 Å². The Morgan fingerprint density at radius 2 is 1.48 bits per heavy atom. The molecule has 0 radical (unpaired) electrons. The van der Waals surface area contributed by atoms with Gasteiger partial charge in [-0.15, -0.1) is 0 Å². The predicted molar refractivity (Wildman–Crippen MR) is 105 cm³/mol. The molecular formula is C20H28N4O3. The summed E-state index contributed by atoms with van der Waals surface area (Å²) in [5.74, 6) is 0.227. The van der Waals surface area contributed by atoms with E-state index in [-0.39, 0.29) is 23.4 Å². The average Bonchev–Trinajstić information content (AvgIpc) is 2.92. The lowest BCUT2D eigenvalue weighted by molar-refractivity contribution is -0.137. The number of aryl methyl sites for hydroxylation is 2. The van der Waals surface area contributed by atoms with Gasteiger partial charge in [-0.05, 0) is 31.0 Å². The van der Waals surface area contributed by atoms with Gasteiger partial charge in [0.05, 0.1) is 11.0 Å². The maximum atomic E-state index is 12.9. The first-order valence-corrected chi connectivity index (χ1v) is 9.62. The van der Waals surface area contributed by atoms with Crippen molar-refractivity contribution in [3.05, 3.63) is 34.2 Å². The second-order valence-electron chi connectivity index (χ2n) is 7.24. The highest BCUT2D eigenvalue weighted by Crippen LogP contribution is 2.18. The quantitative estimate of drug-likeness (QED) is 0.819. The molecule has 27 heavy (non-hydrogen) atoms. The van der Waals surface area contributed by atoms with Crippen molar-refractivity contribution >= 4 is 22.8 Å². The topological polar surface area (TPSA) is 67.6 Å². The maximum Gasteiger partial charge on any atom is 0.328 e. The Balaban J connectivity index is 1.73. The number of hydrogen-bond acceptors (Lipinski definition) is 3. The second-order valence-corrected chi connectivity index (χ2v) is 7.24. The summed E-state index contributed by atoms with van der Waals surface area (Å²) in [5.41, 5.74) is 2.02. The first-order chi connectivity index (χ1) is 12.9. The summed E-state index contributed by atoms with van der Waals surface area (Å²) >= 11 is 0. The number of fused-ring (bicyclic) bond motifs is 1. The molecule has 0 saturated carbocycles. The van der Waals surface area contributed by atoms with Crippen molar-refractivity contribution in [1.29, 1.82) is 0 Å². The molecule has 0 N–H and O–H groups in total. The Bertz CT molecular complexity index is 915. The average molecular weight is 372 g/mol. The largest absolute Gasteiger partial charge is 0.339 e. The van der Waals surface area contributed by atoms with Crippen LogP contribution in [0.4, 0.5) is 0 Å². The summed E-state index contributed by atoms with van der Waals surface area (Å²) in [6, 6.07) is 5.36.